The number of hydrogen-bond donors (Lipinski definition) is 1. The molecule has 130 valence electrons. The number of benzene rings is 1. The molecule has 0 fully saturated rings. The monoisotopic (exact) mass is 350 g/mol. The number of nitrogens with one attached hydrogen (secondary N) is 1. The summed E-state index contributed by atoms with van der Waals surface area (Å²) in [5, 5.41) is 4.68. The Labute approximate surface area is 145 Å². The zero-order chi connectivity index (χ0) is 17.5. The van der Waals surface area contributed by atoms with Crippen molar-refractivity contribution in [1.82, 2.24) is 9.88 Å². The quantitative estimate of drug-likeness (QED) is 0.790. The molecule has 0 spiro atoms. The fraction of sp³-hybridized carbons (Fsp3) is 0.412. The van der Waals surface area contributed by atoms with E-state index in [9.17, 15) is 9.59 Å². The van der Waals surface area contributed by atoms with Gasteiger partial charge in [-0.25, -0.2) is 0 Å². The summed E-state index contributed by atoms with van der Waals surface area (Å²) in [6, 6.07) is 5.70. The van der Waals surface area contributed by atoms with Crippen LogP contribution >= 0.6 is 11.3 Å². The summed E-state index contributed by atoms with van der Waals surface area (Å²) in [6.45, 7) is 2.81. The summed E-state index contributed by atoms with van der Waals surface area (Å²) >= 11 is 1.16. The fourth-order valence-corrected chi connectivity index (χ4v) is 3.12. The number of aryl methyl sites for hydroxylation is 1. The third-order valence-corrected chi connectivity index (χ3v) is 4.60. The smallest absolute Gasteiger partial charge is 0.307 e. The van der Waals surface area contributed by atoms with E-state index in [1.807, 2.05) is 25.1 Å². The number of thiazole rings is 1. The first-order valence-corrected chi connectivity index (χ1v) is 8.55. The molecule has 0 saturated carbocycles. The summed E-state index contributed by atoms with van der Waals surface area (Å²) in [5.74, 6) is 1.29. The predicted octanol–water partition coefficient (Wildman–Crippen LogP) is 1.98. The van der Waals surface area contributed by atoms with Crippen molar-refractivity contribution < 1.29 is 14.3 Å². The first-order chi connectivity index (χ1) is 11.5. The fourth-order valence-electron chi connectivity index (χ4n) is 2.36. The van der Waals surface area contributed by atoms with E-state index in [0.29, 0.717) is 37.4 Å². The Morgan fingerprint density at radius 3 is 2.62 bits per heavy atom. The summed E-state index contributed by atoms with van der Waals surface area (Å²) in [4.78, 5) is 23.5. The van der Waals surface area contributed by atoms with Crippen molar-refractivity contribution in [3.63, 3.8) is 0 Å². The Hall–Kier alpha value is -2.28. The van der Waals surface area contributed by atoms with Gasteiger partial charge in [0.2, 0.25) is 5.91 Å². The van der Waals surface area contributed by atoms with Gasteiger partial charge in [0.15, 0.2) is 11.5 Å². The van der Waals surface area contributed by atoms with Gasteiger partial charge in [-0.05, 0) is 31.0 Å². The summed E-state index contributed by atoms with van der Waals surface area (Å²) in [5.41, 5.74) is 1.95. The zero-order valence-electron chi connectivity index (χ0n) is 14.1. The van der Waals surface area contributed by atoms with Gasteiger partial charge in [-0.15, -0.1) is 0 Å². The van der Waals surface area contributed by atoms with Crippen LogP contribution in [0, 0.1) is 6.92 Å². The molecule has 2 aromatic rings. The van der Waals surface area contributed by atoms with Crippen molar-refractivity contribution >= 4 is 17.2 Å². The Morgan fingerprint density at radius 2 is 2.00 bits per heavy atom. The number of amides is 1. The summed E-state index contributed by atoms with van der Waals surface area (Å²) in [7, 11) is 3.19. The van der Waals surface area contributed by atoms with Crippen LogP contribution in [0.15, 0.2) is 28.4 Å². The number of nitrogens with zero attached hydrogens (tertiary/aromatic N) is 1. The van der Waals surface area contributed by atoms with Gasteiger partial charge in [-0.1, -0.05) is 17.4 Å². The third kappa shape index (κ3) is 4.61. The van der Waals surface area contributed by atoms with Gasteiger partial charge in [0, 0.05) is 30.6 Å². The number of aromatic nitrogens is 1. The van der Waals surface area contributed by atoms with Crippen LogP contribution in [0.5, 0.6) is 11.5 Å². The van der Waals surface area contributed by atoms with Crippen LogP contribution in [-0.4, -0.2) is 31.2 Å². The van der Waals surface area contributed by atoms with E-state index >= 15 is 0 Å². The van der Waals surface area contributed by atoms with Gasteiger partial charge in [0.1, 0.15) is 0 Å². The number of ether oxygens (including phenoxy) is 2. The Morgan fingerprint density at radius 1 is 1.25 bits per heavy atom. The van der Waals surface area contributed by atoms with Crippen LogP contribution in [-0.2, 0) is 17.8 Å². The minimum atomic E-state index is -0.0621. The topological polar surface area (TPSA) is 69.6 Å². The molecule has 0 atom stereocenters. The molecule has 7 heteroatoms. The van der Waals surface area contributed by atoms with Crippen molar-refractivity contribution in [3.8, 4) is 11.5 Å². The molecule has 0 unspecified atom stereocenters. The Kier molecular flexibility index (Phi) is 6.43. The van der Waals surface area contributed by atoms with Crippen molar-refractivity contribution in [2.24, 2.45) is 0 Å². The largest absolute Gasteiger partial charge is 0.493 e. The minimum absolute atomic E-state index is 0.0226. The number of methoxy groups -OCH3 is 2. The normalized spacial score (nSPS) is 10.5. The molecule has 2 rings (SSSR count). The number of carbonyl (C=O) groups excluding carboxylic acids is 1. The van der Waals surface area contributed by atoms with E-state index in [0.717, 1.165) is 22.6 Å². The van der Waals surface area contributed by atoms with E-state index < -0.39 is 0 Å². The Bertz CT molecular complexity index is 751. The first kappa shape index (κ1) is 18.1. The molecule has 0 aliphatic heterocycles. The van der Waals surface area contributed by atoms with Gasteiger partial charge in [-0.3, -0.25) is 9.59 Å². The van der Waals surface area contributed by atoms with Crippen molar-refractivity contribution in [3.05, 3.63) is 44.5 Å². The van der Waals surface area contributed by atoms with Crippen molar-refractivity contribution in [2.45, 2.75) is 26.3 Å². The highest BCUT2D eigenvalue weighted by Gasteiger charge is 2.07. The lowest BCUT2D eigenvalue weighted by Gasteiger charge is -2.10. The second-order valence-corrected chi connectivity index (χ2v) is 6.15. The van der Waals surface area contributed by atoms with Gasteiger partial charge in [0.05, 0.1) is 14.2 Å². The third-order valence-electron chi connectivity index (χ3n) is 3.72. The molecule has 1 aromatic carbocycles. The highest BCUT2D eigenvalue weighted by atomic mass is 32.1. The molecular weight excluding hydrogens is 328 g/mol. The summed E-state index contributed by atoms with van der Waals surface area (Å²) < 4.78 is 12.1. The molecular formula is C17H22N2O4S. The average Bonchev–Trinajstić information content (AvgIpc) is 2.91. The Balaban J connectivity index is 1.79. The molecule has 0 saturated heterocycles. The van der Waals surface area contributed by atoms with E-state index in [1.54, 1.807) is 24.2 Å². The molecule has 24 heavy (non-hydrogen) atoms. The lowest BCUT2D eigenvalue weighted by molar-refractivity contribution is -0.121. The van der Waals surface area contributed by atoms with Crippen LogP contribution in [0.3, 0.4) is 0 Å². The molecule has 0 aliphatic rings. The van der Waals surface area contributed by atoms with Gasteiger partial charge in [0.25, 0.3) is 0 Å². The SMILES string of the molecule is COc1ccc(CCNC(=O)CCn2c(C)csc2=O)cc1OC. The maximum atomic E-state index is 11.9. The highest BCUT2D eigenvalue weighted by Crippen LogP contribution is 2.27. The van der Waals surface area contributed by atoms with E-state index in [4.69, 9.17) is 9.47 Å². The molecule has 0 radical (unpaired) electrons. The maximum absolute atomic E-state index is 11.9. The molecule has 6 nitrogen and oxygen atoms in total. The van der Waals surface area contributed by atoms with E-state index in [2.05, 4.69) is 5.32 Å². The zero-order valence-corrected chi connectivity index (χ0v) is 14.9. The van der Waals surface area contributed by atoms with Gasteiger partial charge >= 0.3 is 4.87 Å². The van der Waals surface area contributed by atoms with Crippen molar-refractivity contribution in [2.75, 3.05) is 20.8 Å². The molecule has 1 amide bonds. The van der Waals surface area contributed by atoms with Crippen LogP contribution in [0.2, 0.25) is 0 Å². The lowest BCUT2D eigenvalue weighted by atomic mass is 10.1. The summed E-state index contributed by atoms with van der Waals surface area (Å²) in [6.07, 6.45) is 0.993. The highest BCUT2D eigenvalue weighted by molar-refractivity contribution is 7.07. The lowest BCUT2D eigenvalue weighted by Crippen LogP contribution is -2.28. The molecule has 1 aromatic heterocycles. The second kappa shape index (κ2) is 8.54. The van der Waals surface area contributed by atoms with Gasteiger partial charge in [-0.2, -0.15) is 0 Å². The number of rotatable bonds is 8. The van der Waals surface area contributed by atoms with Crippen LogP contribution in [0.25, 0.3) is 0 Å². The molecule has 1 heterocycles. The molecule has 0 bridgehead atoms. The number of hydrogen-bond acceptors (Lipinski definition) is 5. The van der Waals surface area contributed by atoms with E-state index in [1.165, 1.54) is 0 Å². The predicted molar refractivity (Wildman–Crippen MR) is 94.2 cm³/mol. The molecule has 0 aliphatic carbocycles. The standard InChI is InChI=1S/C17H22N2O4S/c1-12-11-24-17(21)19(12)9-7-16(20)18-8-6-13-4-5-14(22-2)15(10-13)23-3/h4-5,10-11H,6-9H2,1-3H3,(H,18,20). The maximum Gasteiger partial charge on any atom is 0.307 e. The van der Waals surface area contributed by atoms with Crippen LogP contribution in [0.1, 0.15) is 17.7 Å². The van der Waals surface area contributed by atoms with Gasteiger partial charge < -0.3 is 19.4 Å². The number of carbonyl (C=O) groups is 1. The molecule has 1 N–H and O–H groups in total. The average molecular weight is 350 g/mol. The van der Waals surface area contributed by atoms with Crippen LogP contribution < -0.4 is 19.7 Å². The van der Waals surface area contributed by atoms with Crippen molar-refractivity contribution in [1.29, 1.82) is 0 Å². The first-order valence-electron chi connectivity index (χ1n) is 7.67. The van der Waals surface area contributed by atoms with E-state index in [-0.39, 0.29) is 10.8 Å². The van der Waals surface area contributed by atoms with Crippen LogP contribution in [0.4, 0.5) is 0 Å². The minimum Gasteiger partial charge on any atom is -0.493 e. The second-order valence-electron chi connectivity index (χ2n) is 5.33.